The Bertz CT molecular complexity index is 934. The minimum Gasteiger partial charge on any atom is -0.486 e. The number of cyclic esters (lactones) is 1. The summed E-state index contributed by atoms with van der Waals surface area (Å²) in [5.41, 5.74) is 1.03. The van der Waals surface area contributed by atoms with Crippen LogP contribution in [0.2, 0.25) is 0 Å². The quantitative estimate of drug-likeness (QED) is 0.645. The summed E-state index contributed by atoms with van der Waals surface area (Å²) in [6.07, 6.45) is 2.16. The Hall–Kier alpha value is -3.03. The smallest absolute Gasteiger partial charge is 0.410 e. The maximum absolute atomic E-state index is 13.3. The molecule has 0 aliphatic carbocycles. The summed E-state index contributed by atoms with van der Waals surface area (Å²) in [6.45, 7) is 7.83. The molecule has 1 unspecified atom stereocenters. The molecule has 0 bridgehead atoms. The van der Waals surface area contributed by atoms with Crippen LogP contribution in [-0.2, 0) is 11.3 Å². The Balaban J connectivity index is 1.38. The van der Waals surface area contributed by atoms with E-state index in [1.54, 1.807) is 6.92 Å². The van der Waals surface area contributed by atoms with Crippen LogP contribution in [0.4, 0.5) is 4.79 Å². The molecule has 1 aromatic heterocycles. The van der Waals surface area contributed by atoms with Crippen LogP contribution in [0.5, 0.6) is 5.75 Å². The molecule has 4 rings (SSSR count). The maximum Gasteiger partial charge on any atom is 0.410 e. The van der Waals surface area contributed by atoms with Gasteiger partial charge in [-0.3, -0.25) is 9.69 Å². The maximum atomic E-state index is 13.3. The topological polar surface area (TPSA) is 85.1 Å². The van der Waals surface area contributed by atoms with Gasteiger partial charge in [-0.15, -0.1) is 0 Å². The van der Waals surface area contributed by atoms with E-state index < -0.39 is 0 Å². The van der Waals surface area contributed by atoms with Crippen LogP contribution in [0.25, 0.3) is 0 Å². The molecule has 172 valence electrons. The molecule has 8 heteroatoms. The molecular weight excluding hydrogens is 410 g/mol. The molecule has 3 heterocycles. The highest BCUT2D eigenvalue weighted by Gasteiger charge is 2.40. The monoisotopic (exact) mass is 441 g/mol. The van der Waals surface area contributed by atoms with Crippen LogP contribution in [-0.4, -0.2) is 58.7 Å². The highest BCUT2D eigenvalue weighted by molar-refractivity contribution is 5.96. The molecule has 0 spiro atoms. The number of rotatable bonds is 7. The van der Waals surface area contributed by atoms with Crippen molar-refractivity contribution in [2.75, 3.05) is 19.7 Å². The second-order valence-corrected chi connectivity index (χ2v) is 8.96. The Kier molecular flexibility index (Phi) is 6.67. The third kappa shape index (κ3) is 4.74. The van der Waals surface area contributed by atoms with Crippen molar-refractivity contribution >= 4 is 12.0 Å². The fourth-order valence-corrected chi connectivity index (χ4v) is 4.60. The molecule has 32 heavy (non-hydrogen) atoms. The minimum absolute atomic E-state index is 0.0993. The number of hydrogen-bond acceptors (Lipinski definition) is 6. The van der Waals surface area contributed by atoms with Gasteiger partial charge in [0.2, 0.25) is 0 Å². The third-order valence-electron chi connectivity index (χ3n) is 6.15. The molecule has 2 aliphatic rings. The van der Waals surface area contributed by atoms with Gasteiger partial charge in [-0.05, 0) is 44.2 Å². The van der Waals surface area contributed by atoms with E-state index in [1.165, 1.54) is 0 Å². The normalized spacial score (nSPS) is 19.5. The van der Waals surface area contributed by atoms with Crippen molar-refractivity contribution in [3.63, 3.8) is 0 Å². The highest BCUT2D eigenvalue weighted by atomic mass is 16.6. The van der Waals surface area contributed by atoms with Gasteiger partial charge < -0.3 is 18.9 Å². The number of para-hydroxylation sites is 1. The standard InChI is InChI=1S/C24H31N3O5/c1-16(2)13-19-14-31-24(29)27(19)18-9-11-26(12-10-18)23(28)22-17(3)25-32-21(22)15-30-20-7-5-4-6-8-20/h4-8,16,18-19H,9-15H2,1-3H3. The molecule has 1 atom stereocenters. The predicted molar refractivity (Wildman–Crippen MR) is 117 cm³/mol. The molecule has 2 aliphatic heterocycles. The van der Waals surface area contributed by atoms with E-state index in [1.807, 2.05) is 40.1 Å². The van der Waals surface area contributed by atoms with Gasteiger partial charge in [0.25, 0.3) is 5.91 Å². The second kappa shape index (κ2) is 9.63. The van der Waals surface area contributed by atoms with Gasteiger partial charge in [0.1, 0.15) is 24.5 Å². The second-order valence-electron chi connectivity index (χ2n) is 8.96. The lowest BCUT2D eigenvalue weighted by Crippen LogP contribution is -2.50. The zero-order valence-electron chi connectivity index (χ0n) is 19.0. The number of hydrogen-bond donors (Lipinski definition) is 0. The van der Waals surface area contributed by atoms with Gasteiger partial charge in [-0.25, -0.2) is 4.79 Å². The number of nitrogens with zero attached hydrogens (tertiary/aromatic N) is 3. The summed E-state index contributed by atoms with van der Waals surface area (Å²) in [5.74, 6) is 1.52. The van der Waals surface area contributed by atoms with Gasteiger partial charge in [0.15, 0.2) is 5.76 Å². The lowest BCUT2D eigenvalue weighted by Gasteiger charge is -2.38. The van der Waals surface area contributed by atoms with Crippen molar-refractivity contribution < 1.29 is 23.6 Å². The molecule has 0 saturated carbocycles. The number of amides is 2. The number of benzene rings is 1. The van der Waals surface area contributed by atoms with Crippen LogP contribution >= 0.6 is 0 Å². The van der Waals surface area contributed by atoms with Gasteiger partial charge >= 0.3 is 6.09 Å². The van der Waals surface area contributed by atoms with E-state index in [2.05, 4.69) is 19.0 Å². The lowest BCUT2D eigenvalue weighted by atomic mass is 9.97. The summed E-state index contributed by atoms with van der Waals surface area (Å²) < 4.78 is 16.5. The number of piperidine rings is 1. The molecule has 2 amide bonds. The Morgan fingerprint density at radius 3 is 2.62 bits per heavy atom. The van der Waals surface area contributed by atoms with Crippen LogP contribution in [0, 0.1) is 12.8 Å². The molecule has 0 N–H and O–H groups in total. The Labute approximate surface area is 188 Å². The molecular formula is C24H31N3O5. The fraction of sp³-hybridized carbons (Fsp3) is 0.542. The lowest BCUT2D eigenvalue weighted by molar-refractivity contribution is 0.0625. The zero-order chi connectivity index (χ0) is 22.7. The van der Waals surface area contributed by atoms with Crippen molar-refractivity contribution in [1.82, 2.24) is 15.0 Å². The van der Waals surface area contributed by atoms with E-state index in [9.17, 15) is 9.59 Å². The fourth-order valence-electron chi connectivity index (χ4n) is 4.60. The number of aromatic nitrogens is 1. The number of likely N-dealkylation sites (tertiary alicyclic amines) is 1. The number of ether oxygens (including phenoxy) is 2. The first-order chi connectivity index (χ1) is 15.4. The number of aryl methyl sites for hydroxylation is 1. The van der Waals surface area contributed by atoms with Crippen LogP contribution in [0.15, 0.2) is 34.9 Å². The average molecular weight is 442 g/mol. The van der Waals surface area contributed by atoms with Crippen molar-refractivity contribution in [3.8, 4) is 5.75 Å². The Morgan fingerprint density at radius 1 is 1.22 bits per heavy atom. The summed E-state index contributed by atoms with van der Waals surface area (Å²) in [7, 11) is 0. The summed E-state index contributed by atoms with van der Waals surface area (Å²) in [5, 5.41) is 4.00. The average Bonchev–Trinajstić information content (AvgIpc) is 3.34. The summed E-state index contributed by atoms with van der Waals surface area (Å²) in [6, 6.07) is 9.62. The first kappa shape index (κ1) is 22.2. The third-order valence-corrected chi connectivity index (χ3v) is 6.15. The van der Waals surface area contributed by atoms with Crippen molar-refractivity contribution in [2.45, 2.75) is 58.7 Å². The highest BCUT2D eigenvalue weighted by Crippen LogP contribution is 2.28. The minimum atomic E-state index is -0.226. The van der Waals surface area contributed by atoms with Crippen molar-refractivity contribution in [2.24, 2.45) is 5.92 Å². The SMILES string of the molecule is Cc1noc(COc2ccccc2)c1C(=O)N1CCC(N2C(=O)OCC2CC(C)C)CC1. The largest absolute Gasteiger partial charge is 0.486 e. The predicted octanol–water partition coefficient (Wildman–Crippen LogP) is 4.03. The Morgan fingerprint density at radius 2 is 1.94 bits per heavy atom. The molecule has 2 fully saturated rings. The van der Waals surface area contributed by atoms with Crippen molar-refractivity contribution in [1.29, 1.82) is 0 Å². The van der Waals surface area contributed by atoms with Crippen LogP contribution < -0.4 is 4.74 Å². The van der Waals surface area contributed by atoms with Crippen LogP contribution in [0.3, 0.4) is 0 Å². The van der Waals surface area contributed by atoms with E-state index >= 15 is 0 Å². The van der Waals surface area contributed by atoms with Crippen molar-refractivity contribution in [3.05, 3.63) is 47.3 Å². The van der Waals surface area contributed by atoms with Gasteiger partial charge in [0, 0.05) is 19.1 Å². The number of carbonyl (C=O) groups excluding carboxylic acids is 2. The van der Waals surface area contributed by atoms with Crippen LogP contribution in [0.1, 0.15) is 54.9 Å². The number of carbonyl (C=O) groups is 2. The van der Waals surface area contributed by atoms with E-state index in [0.717, 1.165) is 19.3 Å². The van der Waals surface area contributed by atoms with Gasteiger partial charge in [-0.1, -0.05) is 37.2 Å². The molecule has 1 aromatic carbocycles. The van der Waals surface area contributed by atoms with E-state index in [-0.39, 0.29) is 30.7 Å². The van der Waals surface area contributed by atoms with E-state index in [0.29, 0.717) is 48.4 Å². The molecule has 8 nitrogen and oxygen atoms in total. The van der Waals surface area contributed by atoms with Gasteiger partial charge in [-0.2, -0.15) is 0 Å². The molecule has 2 saturated heterocycles. The summed E-state index contributed by atoms with van der Waals surface area (Å²) in [4.78, 5) is 29.3. The first-order valence-corrected chi connectivity index (χ1v) is 11.3. The van der Waals surface area contributed by atoms with Gasteiger partial charge in [0.05, 0.1) is 11.7 Å². The zero-order valence-corrected chi connectivity index (χ0v) is 19.0. The first-order valence-electron chi connectivity index (χ1n) is 11.3. The van der Waals surface area contributed by atoms with E-state index in [4.69, 9.17) is 14.0 Å². The molecule has 0 radical (unpaired) electrons. The molecule has 2 aromatic rings. The summed E-state index contributed by atoms with van der Waals surface area (Å²) >= 11 is 0.